The van der Waals surface area contributed by atoms with Gasteiger partial charge in [0.15, 0.2) is 0 Å². The molecular formula is C21H21N5O. The number of amides is 1. The highest BCUT2D eigenvalue weighted by molar-refractivity contribution is 6.06. The number of aromatic nitrogens is 3. The van der Waals surface area contributed by atoms with Crippen molar-refractivity contribution in [2.45, 2.75) is 26.8 Å². The lowest BCUT2D eigenvalue weighted by Gasteiger charge is -2.28. The van der Waals surface area contributed by atoms with Gasteiger partial charge >= 0.3 is 0 Å². The van der Waals surface area contributed by atoms with Gasteiger partial charge in [0.2, 0.25) is 5.95 Å². The Hall–Kier alpha value is -3.41. The number of hydrogen-bond acceptors (Lipinski definition) is 4. The maximum atomic E-state index is 13.3. The molecule has 6 nitrogen and oxygen atoms in total. The molecule has 0 spiro atoms. The molecule has 0 radical (unpaired) electrons. The van der Waals surface area contributed by atoms with Crippen molar-refractivity contribution >= 4 is 17.5 Å². The number of nitrogens with one attached hydrogen (secondary N) is 2. The van der Waals surface area contributed by atoms with Crippen LogP contribution in [0.2, 0.25) is 0 Å². The van der Waals surface area contributed by atoms with Gasteiger partial charge in [0.1, 0.15) is 12.4 Å². The zero-order chi connectivity index (χ0) is 19.0. The van der Waals surface area contributed by atoms with E-state index in [0.717, 1.165) is 28.1 Å². The first-order valence-electron chi connectivity index (χ1n) is 8.85. The summed E-state index contributed by atoms with van der Waals surface area (Å²) in [4.78, 5) is 17.5. The van der Waals surface area contributed by atoms with E-state index >= 15 is 0 Å². The summed E-state index contributed by atoms with van der Waals surface area (Å²) in [5, 5.41) is 10.6. The first-order valence-corrected chi connectivity index (χ1v) is 8.85. The number of allylic oxidation sites excluding steroid dienone is 1. The van der Waals surface area contributed by atoms with Crippen LogP contribution in [-0.4, -0.2) is 20.7 Å². The van der Waals surface area contributed by atoms with Gasteiger partial charge in [0, 0.05) is 11.4 Å². The van der Waals surface area contributed by atoms with E-state index in [9.17, 15) is 4.79 Å². The van der Waals surface area contributed by atoms with Gasteiger partial charge in [-0.3, -0.25) is 4.79 Å². The van der Waals surface area contributed by atoms with Crippen LogP contribution in [0.5, 0.6) is 0 Å². The maximum absolute atomic E-state index is 13.3. The second kappa shape index (κ2) is 6.72. The molecule has 0 bridgehead atoms. The summed E-state index contributed by atoms with van der Waals surface area (Å²) >= 11 is 0. The number of aryl methyl sites for hydroxylation is 2. The smallest absolute Gasteiger partial charge is 0.255 e. The van der Waals surface area contributed by atoms with Gasteiger partial charge in [-0.25, -0.2) is 4.68 Å². The van der Waals surface area contributed by atoms with Crippen LogP contribution in [-0.2, 0) is 4.79 Å². The molecule has 0 saturated heterocycles. The summed E-state index contributed by atoms with van der Waals surface area (Å²) in [7, 11) is 0. The lowest BCUT2D eigenvalue weighted by Crippen LogP contribution is -2.31. The number of anilines is 2. The number of rotatable bonds is 3. The van der Waals surface area contributed by atoms with Gasteiger partial charge in [-0.1, -0.05) is 48.0 Å². The second-order valence-corrected chi connectivity index (χ2v) is 6.78. The van der Waals surface area contributed by atoms with E-state index < -0.39 is 0 Å². The molecular weight excluding hydrogens is 338 g/mol. The van der Waals surface area contributed by atoms with Gasteiger partial charge in [0.05, 0.1) is 5.57 Å². The summed E-state index contributed by atoms with van der Waals surface area (Å²) in [6.07, 6.45) is 1.50. The average Bonchev–Trinajstić information content (AvgIpc) is 3.11. The molecule has 1 aromatic heterocycles. The lowest BCUT2D eigenvalue weighted by molar-refractivity contribution is -0.113. The fourth-order valence-corrected chi connectivity index (χ4v) is 3.47. The van der Waals surface area contributed by atoms with Crippen LogP contribution in [0, 0.1) is 13.8 Å². The van der Waals surface area contributed by atoms with E-state index in [4.69, 9.17) is 0 Å². The zero-order valence-corrected chi connectivity index (χ0v) is 15.5. The van der Waals surface area contributed by atoms with Crippen LogP contribution < -0.4 is 10.6 Å². The molecule has 136 valence electrons. The summed E-state index contributed by atoms with van der Waals surface area (Å²) in [5.41, 5.74) is 5.38. The third-order valence-electron chi connectivity index (χ3n) is 4.78. The molecule has 1 aliphatic heterocycles. The highest BCUT2D eigenvalue weighted by atomic mass is 16.1. The Balaban J connectivity index is 1.75. The Morgan fingerprint density at radius 2 is 1.89 bits per heavy atom. The third kappa shape index (κ3) is 3.10. The third-order valence-corrected chi connectivity index (χ3v) is 4.78. The quantitative estimate of drug-likeness (QED) is 0.746. The van der Waals surface area contributed by atoms with Gasteiger partial charge in [-0.15, -0.1) is 0 Å². The molecule has 4 rings (SSSR count). The predicted molar refractivity (Wildman–Crippen MR) is 105 cm³/mol. The monoisotopic (exact) mass is 359 g/mol. The topological polar surface area (TPSA) is 71.8 Å². The highest BCUT2D eigenvalue weighted by Gasteiger charge is 2.33. The van der Waals surface area contributed by atoms with E-state index in [-0.39, 0.29) is 11.9 Å². The van der Waals surface area contributed by atoms with Crippen molar-refractivity contribution in [3.63, 3.8) is 0 Å². The fourth-order valence-electron chi connectivity index (χ4n) is 3.47. The van der Waals surface area contributed by atoms with Crippen molar-refractivity contribution in [2.75, 3.05) is 10.6 Å². The zero-order valence-electron chi connectivity index (χ0n) is 15.5. The second-order valence-electron chi connectivity index (χ2n) is 6.78. The van der Waals surface area contributed by atoms with E-state index in [1.165, 1.54) is 6.33 Å². The van der Waals surface area contributed by atoms with Crippen LogP contribution in [0.3, 0.4) is 0 Å². The first-order chi connectivity index (χ1) is 13.0. The molecule has 1 amide bonds. The van der Waals surface area contributed by atoms with E-state index in [1.54, 1.807) is 4.68 Å². The predicted octanol–water partition coefficient (Wildman–Crippen LogP) is 3.82. The van der Waals surface area contributed by atoms with Crippen LogP contribution in [0.4, 0.5) is 11.6 Å². The van der Waals surface area contributed by atoms with Gasteiger partial charge in [0.25, 0.3) is 5.91 Å². The minimum atomic E-state index is -0.337. The Morgan fingerprint density at radius 1 is 1.11 bits per heavy atom. The minimum Gasteiger partial charge on any atom is -0.328 e. The average molecular weight is 359 g/mol. The molecule has 2 N–H and O–H groups in total. The molecule has 2 aromatic carbocycles. The summed E-state index contributed by atoms with van der Waals surface area (Å²) in [5.74, 6) is 0.478. The summed E-state index contributed by atoms with van der Waals surface area (Å²) in [6.45, 7) is 5.92. The number of fused-ring (bicyclic) bond motifs is 1. The summed E-state index contributed by atoms with van der Waals surface area (Å²) < 4.78 is 1.75. The molecule has 3 aromatic rings. The van der Waals surface area contributed by atoms with Crippen molar-refractivity contribution in [3.05, 3.63) is 82.8 Å². The van der Waals surface area contributed by atoms with Gasteiger partial charge in [-0.05, 0) is 38.0 Å². The van der Waals surface area contributed by atoms with E-state index in [0.29, 0.717) is 11.5 Å². The maximum Gasteiger partial charge on any atom is 0.255 e. The number of nitrogens with zero attached hydrogens (tertiary/aromatic N) is 3. The largest absolute Gasteiger partial charge is 0.328 e. The normalized spacial score (nSPS) is 15.9. The van der Waals surface area contributed by atoms with Crippen molar-refractivity contribution < 1.29 is 4.79 Å². The van der Waals surface area contributed by atoms with E-state index in [1.807, 2.05) is 63.2 Å². The molecule has 0 fully saturated rings. The van der Waals surface area contributed by atoms with E-state index in [2.05, 4.69) is 26.8 Å². The van der Waals surface area contributed by atoms with Crippen molar-refractivity contribution in [1.82, 2.24) is 14.8 Å². The number of carbonyl (C=O) groups excluding carboxylic acids is 1. The van der Waals surface area contributed by atoms with Crippen LogP contribution in [0.1, 0.15) is 29.7 Å². The first kappa shape index (κ1) is 17.0. The highest BCUT2D eigenvalue weighted by Crippen LogP contribution is 2.35. The Morgan fingerprint density at radius 3 is 2.63 bits per heavy atom. The lowest BCUT2D eigenvalue weighted by atomic mass is 9.95. The molecule has 0 unspecified atom stereocenters. The Labute approximate surface area is 157 Å². The SMILES string of the molecule is CC1=C(C(=O)Nc2ccc(C)cc2C)[C@H](c2ccccc2)n2ncnc2N1. The summed E-state index contributed by atoms with van der Waals surface area (Å²) in [6, 6.07) is 15.5. The van der Waals surface area contributed by atoms with Gasteiger partial charge in [-0.2, -0.15) is 10.1 Å². The van der Waals surface area contributed by atoms with Crippen LogP contribution in [0.25, 0.3) is 0 Å². The van der Waals surface area contributed by atoms with Crippen molar-refractivity contribution in [2.24, 2.45) is 0 Å². The molecule has 2 heterocycles. The molecule has 0 saturated carbocycles. The van der Waals surface area contributed by atoms with Crippen LogP contribution in [0.15, 0.2) is 66.1 Å². The number of hydrogen-bond donors (Lipinski definition) is 2. The van der Waals surface area contributed by atoms with Crippen molar-refractivity contribution in [1.29, 1.82) is 0 Å². The molecule has 27 heavy (non-hydrogen) atoms. The standard InChI is InChI=1S/C21H21N5O/c1-13-9-10-17(14(2)11-13)25-20(27)18-15(3)24-21-22-12-23-26(21)19(18)16-7-5-4-6-8-16/h4-12,19H,1-3H3,(H,25,27)(H,22,23,24)/t19-/m0/s1. The van der Waals surface area contributed by atoms with Crippen molar-refractivity contribution in [3.8, 4) is 0 Å². The number of benzene rings is 2. The molecule has 1 atom stereocenters. The molecule has 1 aliphatic rings. The fraction of sp³-hybridized carbons (Fsp3) is 0.190. The molecule has 0 aliphatic carbocycles. The molecule has 6 heteroatoms. The van der Waals surface area contributed by atoms with Crippen LogP contribution >= 0.6 is 0 Å². The Kier molecular flexibility index (Phi) is 4.24. The Bertz CT molecular complexity index is 1040. The van der Waals surface area contributed by atoms with Gasteiger partial charge < -0.3 is 10.6 Å². The minimum absolute atomic E-state index is 0.151. The number of carbonyl (C=O) groups is 1.